The van der Waals surface area contributed by atoms with E-state index in [1.165, 1.54) is 0 Å². The van der Waals surface area contributed by atoms with E-state index in [9.17, 15) is 4.79 Å². The largest absolute Gasteiger partial charge is 0.460 e. The van der Waals surface area contributed by atoms with Gasteiger partial charge in [-0.05, 0) is 0 Å². The second-order valence-corrected chi connectivity index (χ2v) is 4.87. The second-order valence-electron chi connectivity index (χ2n) is 2.10. The van der Waals surface area contributed by atoms with E-state index < -0.39 is 15.3 Å². The molecule has 0 rings (SSSR count). The number of carbonyl (C=O) groups is 1. The first-order chi connectivity index (χ1) is 6.38. The van der Waals surface area contributed by atoms with Gasteiger partial charge in [0.15, 0.2) is 5.56 Å². The molecule has 82 valence electrons. The van der Waals surface area contributed by atoms with E-state index in [0.717, 1.165) is 6.08 Å². The number of halogens is 4. The summed E-state index contributed by atoms with van der Waals surface area (Å²) in [6.45, 7) is 3.27. The summed E-state index contributed by atoms with van der Waals surface area (Å²) in [5.41, 5.74) is -1.09. The topological polar surface area (TPSA) is 35.5 Å². The van der Waals surface area contributed by atoms with Crippen LogP contribution in [0.3, 0.4) is 0 Å². The van der Waals surface area contributed by atoms with Gasteiger partial charge in [-0.1, -0.05) is 53.0 Å². The van der Waals surface area contributed by atoms with E-state index in [0.29, 0.717) is 0 Å². The Labute approximate surface area is 102 Å². The molecule has 0 bridgehead atoms. The van der Waals surface area contributed by atoms with Gasteiger partial charge < -0.3 is 9.47 Å². The fraction of sp³-hybridized carbons (Fsp3) is 0.571. The fourth-order valence-electron chi connectivity index (χ4n) is 0.447. The van der Waals surface area contributed by atoms with Crippen molar-refractivity contribution in [2.24, 2.45) is 0 Å². The van der Waals surface area contributed by atoms with E-state index in [-0.39, 0.29) is 13.2 Å². The van der Waals surface area contributed by atoms with Crippen LogP contribution < -0.4 is 0 Å². The van der Waals surface area contributed by atoms with Gasteiger partial charge in [0.1, 0.15) is 6.61 Å². The normalized spacial score (nSPS) is 13.4. The molecule has 14 heavy (non-hydrogen) atoms. The van der Waals surface area contributed by atoms with Crippen LogP contribution in [-0.4, -0.2) is 28.5 Å². The molecule has 0 N–H and O–H groups in total. The van der Waals surface area contributed by atoms with Gasteiger partial charge in [-0.15, -0.1) is 0 Å². The monoisotopic (exact) mass is 280 g/mol. The molecule has 7 heteroatoms. The van der Waals surface area contributed by atoms with Crippen LogP contribution in [0, 0.1) is 0 Å². The minimum absolute atomic E-state index is 0.0226. The summed E-state index contributed by atoms with van der Waals surface area (Å²) in [4.78, 5) is 10.5. The highest BCUT2D eigenvalue weighted by molar-refractivity contribution is 6.70. The van der Waals surface area contributed by atoms with Crippen LogP contribution in [-0.2, 0) is 14.3 Å². The van der Waals surface area contributed by atoms with E-state index in [2.05, 4.69) is 11.3 Å². The summed E-state index contributed by atoms with van der Waals surface area (Å²) in [6.07, 6.45) is 1.03. The smallest absolute Gasteiger partial charge is 0.330 e. The number of ether oxygens (including phenoxy) is 2. The first-order valence-electron chi connectivity index (χ1n) is 3.49. The van der Waals surface area contributed by atoms with Gasteiger partial charge in [-0.2, -0.15) is 0 Å². The summed E-state index contributed by atoms with van der Waals surface area (Å²) in [6, 6.07) is 0. The van der Waals surface area contributed by atoms with E-state index in [4.69, 9.17) is 51.1 Å². The highest BCUT2D eigenvalue weighted by atomic mass is 35.6. The summed E-state index contributed by atoms with van der Waals surface area (Å²) < 4.78 is 7.74. The lowest BCUT2D eigenvalue weighted by molar-refractivity contribution is -0.139. The Morgan fingerprint density at radius 1 is 1.43 bits per heavy atom. The molecule has 0 aliphatic rings. The van der Waals surface area contributed by atoms with Crippen molar-refractivity contribution in [2.45, 2.75) is 9.36 Å². The van der Waals surface area contributed by atoms with Gasteiger partial charge in [0.05, 0.1) is 6.61 Å². The zero-order valence-electron chi connectivity index (χ0n) is 7.01. The molecular formula is C7H8Cl4O3. The molecule has 0 spiro atoms. The molecule has 3 nitrogen and oxygen atoms in total. The number of hydrogen-bond donors (Lipinski definition) is 0. The lowest BCUT2D eigenvalue weighted by atomic mass is 10.6. The van der Waals surface area contributed by atoms with Crippen LogP contribution in [0.5, 0.6) is 0 Å². The van der Waals surface area contributed by atoms with Gasteiger partial charge in [0.25, 0.3) is 0 Å². The Balaban J connectivity index is 3.55. The third-order valence-corrected chi connectivity index (χ3v) is 2.40. The summed E-state index contributed by atoms with van der Waals surface area (Å²) in [5.74, 6) is -0.548. The molecule has 0 saturated heterocycles. The minimum atomic E-state index is -1.70. The molecule has 0 amide bonds. The Hall–Kier alpha value is 0.330. The van der Waals surface area contributed by atoms with E-state index in [1.807, 2.05) is 0 Å². The fourth-order valence-corrected chi connectivity index (χ4v) is 0.725. The summed E-state index contributed by atoms with van der Waals surface area (Å²) >= 11 is 21.7. The number of carbonyl (C=O) groups excluding carboxylic acids is 1. The van der Waals surface area contributed by atoms with Gasteiger partial charge in [0.2, 0.25) is 3.79 Å². The lowest BCUT2D eigenvalue weighted by Crippen LogP contribution is -2.24. The zero-order valence-corrected chi connectivity index (χ0v) is 10.0. The van der Waals surface area contributed by atoms with Crippen molar-refractivity contribution in [3.63, 3.8) is 0 Å². The minimum Gasteiger partial charge on any atom is -0.460 e. The lowest BCUT2D eigenvalue weighted by Gasteiger charge is -2.17. The molecule has 0 aliphatic carbocycles. The molecule has 0 aromatic rings. The summed E-state index contributed by atoms with van der Waals surface area (Å²) in [7, 11) is 0. The average Bonchev–Trinajstić information content (AvgIpc) is 2.09. The molecule has 0 heterocycles. The van der Waals surface area contributed by atoms with Crippen molar-refractivity contribution in [3.05, 3.63) is 12.7 Å². The van der Waals surface area contributed by atoms with Crippen molar-refractivity contribution >= 4 is 52.4 Å². The molecule has 0 aromatic carbocycles. The van der Waals surface area contributed by atoms with Crippen molar-refractivity contribution in [1.82, 2.24) is 0 Å². The van der Waals surface area contributed by atoms with Crippen molar-refractivity contribution in [3.8, 4) is 0 Å². The molecule has 0 radical (unpaired) electrons. The number of alkyl halides is 4. The molecular weight excluding hydrogens is 274 g/mol. The van der Waals surface area contributed by atoms with Crippen LogP contribution in [0.15, 0.2) is 12.7 Å². The Bertz CT molecular complexity index is 202. The molecule has 0 fully saturated rings. The maximum absolute atomic E-state index is 10.5. The molecule has 0 saturated carbocycles. The average molecular weight is 282 g/mol. The Morgan fingerprint density at radius 2 is 2.00 bits per heavy atom. The molecule has 1 unspecified atom stereocenters. The standard InChI is InChI=1S/C7H8Cl4O3/c1-2-5(12)13-3-4-14-6(8)7(9,10)11/h2,6H,1,3-4H2. The molecule has 0 aliphatic heterocycles. The van der Waals surface area contributed by atoms with Gasteiger partial charge >= 0.3 is 5.97 Å². The predicted molar refractivity (Wildman–Crippen MR) is 57.0 cm³/mol. The Morgan fingerprint density at radius 3 is 2.43 bits per heavy atom. The third kappa shape index (κ3) is 6.74. The van der Waals surface area contributed by atoms with Crippen molar-refractivity contribution in [2.75, 3.05) is 13.2 Å². The first kappa shape index (κ1) is 14.3. The van der Waals surface area contributed by atoms with Gasteiger partial charge in [-0.25, -0.2) is 4.79 Å². The van der Waals surface area contributed by atoms with E-state index >= 15 is 0 Å². The maximum atomic E-state index is 10.5. The highest BCUT2D eigenvalue weighted by Gasteiger charge is 2.31. The maximum Gasteiger partial charge on any atom is 0.330 e. The van der Waals surface area contributed by atoms with E-state index in [1.54, 1.807) is 0 Å². The number of rotatable bonds is 5. The molecule has 0 aromatic heterocycles. The Kier molecular flexibility index (Phi) is 6.91. The van der Waals surface area contributed by atoms with Gasteiger partial charge in [-0.3, -0.25) is 0 Å². The van der Waals surface area contributed by atoms with Crippen molar-refractivity contribution in [1.29, 1.82) is 0 Å². The van der Waals surface area contributed by atoms with Gasteiger partial charge in [0, 0.05) is 6.08 Å². The van der Waals surface area contributed by atoms with Crippen LogP contribution >= 0.6 is 46.4 Å². The quantitative estimate of drug-likeness (QED) is 0.336. The summed E-state index contributed by atoms with van der Waals surface area (Å²) in [5, 5.41) is 0. The van der Waals surface area contributed by atoms with Crippen LogP contribution in [0.2, 0.25) is 0 Å². The van der Waals surface area contributed by atoms with Crippen LogP contribution in [0.25, 0.3) is 0 Å². The number of esters is 1. The highest BCUT2D eigenvalue weighted by Crippen LogP contribution is 2.34. The second kappa shape index (κ2) is 6.75. The number of hydrogen-bond acceptors (Lipinski definition) is 3. The first-order valence-corrected chi connectivity index (χ1v) is 5.06. The SMILES string of the molecule is C=CC(=O)OCCOC(Cl)C(Cl)(Cl)Cl. The van der Waals surface area contributed by atoms with Crippen LogP contribution in [0.1, 0.15) is 0 Å². The third-order valence-electron chi connectivity index (χ3n) is 1.02. The van der Waals surface area contributed by atoms with Crippen molar-refractivity contribution < 1.29 is 14.3 Å². The zero-order chi connectivity index (χ0) is 11.2. The van der Waals surface area contributed by atoms with Crippen LogP contribution in [0.4, 0.5) is 0 Å². The predicted octanol–water partition coefficient (Wildman–Crippen LogP) is 2.67. The molecule has 1 atom stereocenters.